The summed E-state index contributed by atoms with van der Waals surface area (Å²) < 4.78 is 32.6. The number of nitrogens with one attached hydrogen (secondary N) is 2. The largest absolute Gasteiger partial charge is 0.379 e. The number of hydrogen-bond donors (Lipinski definition) is 2. The molecule has 31 heavy (non-hydrogen) atoms. The monoisotopic (exact) mass is 468 g/mol. The topological polar surface area (TPSA) is 131 Å². The molecule has 1 saturated heterocycles. The number of non-ortho nitro benzene ring substituents is 1. The van der Waals surface area contributed by atoms with Gasteiger partial charge in [-0.2, -0.15) is 4.31 Å². The summed E-state index contributed by atoms with van der Waals surface area (Å²) in [6, 6.07) is 8.54. The number of sulfonamides is 1. The quantitative estimate of drug-likeness (QED) is 0.471. The highest BCUT2D eigenvalue weighted by Crippen LogP contribution is 2.29. The molecular formula is C19H21ClN4O6S. The predicted octanol–water partition coefficient (Wildman–Crippen LogP) is 2.63. The Morgan fingerprint density at radius 2 is 1.94 bits per heavy atom. The average molecular weight is 469 g/mol. The summed E-state index contributed by atoms with van der Waals surface area (Å²) in [6.07, 6.45) is 0. The van der Waals surface area contributed by atoms with Crippen LogP contribution in [0.5, 0.6) is 0 Å². The molecule has 3 rings (SSSR count). The van der Waals surface area contributed by atoms with E-state index in [-0.39, 0.29) is 49.1 Å². The number of morpholine rings is 1. The average Bonchev–Trinajstić information content (AvgIpc) is 2.76. The van der Waals surface area contributed by atoms with Crippen molar-refractivity contribution in [1.29, 1.82) is 0 Å². The molecule has 0 radical (unpaired) electrons. The molecule has 0 aliphatic carbocycles. The van der Waals surface area contributed by atoms with Gasteiger partial charge in [0.25, 0.3) is 5.69 Å². The number of benzene rings is 2. The molecule has 1 amide bonds. The Kier molecular flexibility index (Phi) is 7.11. The van der Waals surface area contributed by atoms with E-state index in [0.29, 0.717) is 16.3 Å². The van der Waals surface area contributed by atoms with E-state index in [4.69, 9.17) is 16.3 Å². The molecule has 0 atom stereocenters. The molecule has 1 heterocycles. The van der Waals surface area contributed by atoms with Crippen LogP contribution in [0.1, 0.15) is 5.56 Å². The molecule has 0 bridgehead atoms. The summed E-state index contributed by atoms with van der Waals surface area (Å²) >= 11 is 6.05. The van der Waals surface area contributed by atoms with Crippen LogP contribution >= 0.6 is 11.6 Å². The molecule has 2 aromatic rings. The highest BCUT2D eigenvalue weighted by molar-refractivity contribution is 7.89. The summed E-state index contributed by atoms with van der Waals surface area (Å²) in [5, 5.41) is 17.2. The van der Waals surface area contributed by atoms with Gasteiger partial charge in [0.15, 0.2) is 0 Å². The second-order valence-electron chi connectivity index (χ2n) is 6.77. The Hall–Kier alpha value is -2.73. The third kappa shape index (κ3) is 5.31. The Morgan fingerprint density at radius 3 is 2.61 bits per heavy atom. The van der Waals surface area contributed by atoms with Gasteiger partial charge in [0.2, 0.25) is 15.9 Å². The minimum absolute atomic E-state index is 0.0926. The third-order valence-electron chi connectivity index (χ3n) is 4.75. The first-order valence-corrected chi connectivity index (χ1v) is 11.2. The van der Waals surface area contributed by atoms with Gasteiger partial charge in [-0.25, -0.2) is 8.42 Å². The summed E-state index contributed by atoms with van der Waals surface area (Å²) in [6.45, 7) is 2.25. The van der Waals surface area contributed by atoms with Crippen LogP contribution in [0.4, 0.5) is 17.1 Å². The van der Waals surface area contributed by atoms with Crippen molar-refractivity contribution in [1.82, 2.24) is 4.31 Å². The van der Waals surface area contributed by atoms with E-state index in [1.54, 1.807) is 25.1 Å². The Bertz CT molecular complexity index is 1100. The van der Waals surface area contributed by atoms with Gasteiger partial charge in [-0.05, 0) is 30.7 Å². The minimum atomic E-state index is -4.03. The van der Waals surface area contributed by atoms with Crippen LogP contribution in [-0.4, -0.2) is 56.4 Å². The van der Waals surface area contributed by atoms with E-state index < -0.39 is 20.9 Å². The lowest BCUT2D eigenvalue weighted by atomic mass is 10.2. The van der Waals surface area contributed by atoms with Gasteiger partial charge in [0, 0.05) is 35.9 Å². The molecule has 2 aromatic carbocycles. The van der Waals surface area contributed by atoms with E-state index in [9.17, 15) is 23.3 Å². The van der Waals surface area contributed by atoms with Crippen LogP contribution in [0.25, 0.3) is 0 Å². The Labute approximate surface area is 184 Å². The first-order valence-electron chi connectivity index (χ1n) is 9.35. The fraction of sp³-hybridized carbons (Fsp3) is 0.316. The molecule has 0 unspecified atom stereocenters. The SMILES string of the molecule is Cc1c(Cl)cccc1NC(=O)CNc1ccc([N+](=O)[O-])cc1S(=O)(=O)N1CCOCC1. The van der Waals surface area contributed by atoms with E-state index in [0.717, 1.165) is 6.07 Å². The van der Waals surface area contributed by atoms with Crippen molar-refractivity contribution in [3.05, 3.63) is 57.1 Å². The molecule has 1 aliphatic rings. The van der Waals surface area contributed by atoms with Crippen LogP contribution in [0.15, 0.2) is 41.3 Å². The number of ether oxygens (including phenoxy) is 1. The van der Waals surface area contributed by atoms with Gasteiger partial charge in [-0.1, -0.05) is 17.7 Å². The van der Waals surface area contributed by atoms with Crippen molar-refractivity contribution in [2.75, 3.05) is 43.5 Å². The normalized spacial score (nSPS) is 14.8. The molecule has 10 nitrogen and oxygen atoms in total. The fourth-order valence-corrected chi connectivity index (χ4v) is 4.79. The number of rotatable bonds is 7. The van der Waals surface area contributed by atoms with Gasteiger partial charge < -0.3 is 15.4 Å². The van der Waals surface area contributed by atoms with E-state index in [1.165, 1.54) is 16.4 Å². The lowest BCUT2D eigenvalue weighted by Gasteiger charge is -2.27. The summed E-state index contributed by atoms with van der Waals surface area (Å²) in [4.78, 5) is 22.6. The number of hydrogen-bond acceptors (Lipinski definition) is 7. The first-order chi connectivity index (χ1) is 14.7. The van der Waals surface area contributed by atoms with Gasteiger partial charge in [-0.3, -0.25) is 14.9 Å². The van der Waals surface area contributed by atoms with Crippen molar-refractivity contribution in [2.45, 2.75) is 11.8 Å². The van der Waals surface area contributed by atoms with Crippen LogP contribution in [0.3, 0.4) is 0 Å². The number of carbonyl (C=O) groups excluding carboxylic acids is 1. The number of nitro groups is 1. The number of anilines is 2. The zero-order chi connectivity index (χ0) is 22.6. The number of amides is 1. The highest BCUT2D eigenvalue weighted by Gasteiger charge is 2.30. The van der Waals surface area contributed by atoms with Crippen LogP contribution in [0.2, 0.25) is 5.02 Å². The van der Waals surface area contributed by atoms with Gasteiger partial charge in [0.1, 0.15) is 4.90 Å². The van der Waals surface area contributed by atoms with Crippen LogP contribution in [0, 0.1) is 17.0 Å². The molecule has 0 saturated carbocycles. The fourth-order valence-electron chi connectivity index (χ4n) is 3.02. The molecule has 166 valence electrons. The van der Waals surface area contributed by atoms with Gasteiger partial charge in [0.05, 0.1) is 30.4 Å². The van der Waals surface area contributed by atoms with Crippen molar-refractivity contribution in [3.63, 3.8) is 0 Å². The summed E-state index contributed by atoms with van der Waals surface area (Å²) in [5.74, 6) is -0.432. The van der Waals surface area contributed by atoms with E-state index in [1.807, 2.05) is 0 Å². The molecule has 0 aromatic heterocycles. The number of nitro benzene ring substituents is 1. The standard InChI is InChI=1S/C19H21ClN4O6S/c1-13-15(20)3-2-4-16(13)22-19(25)12-21-17-6-5-14(24(26)27)11-18(17)31(28,29)23-7-9-30-10-8-23/h2-6,11,21H,7-10,12H2,1H3,(H,22,25). The molecule has 2 N–H and O–H groups in total. The Balaban J connectivity index is 1.82. The Morgan fingerprint density at radius 1 is 1.23 bits per heavy atom. The molecule has 1 fully saturated rings. The zero-order valence-electron chi connectivity index (χ0n) is 16.6. The van der Waals surface area contributed by atoms with Crippen molar-refractivity contribution in [3.8, 4) is 0 Å². The number of carbonyl (C=O) groups is 1. The van der Waals surface area contributed by atoms with Gasteiger partial charge >= 0.3 is 0 Å². The molecule has 1 aliphatic heterocycles. The van der Waals surface area contributed by atoms with Crippen molar-refractivity contribution in [2.24, 2.45) is 0 Å². The number of nitrogens with zero attached hydrogens (tertiary/aromatic N) is 2. The second kappa shape index (κ2) is 9.60. The minimum Gasteiger partial charge on any atom is -0.379 e. The highest BCUT2D eigenvalue weighted by atomic mass is 35.5. The van der Waals surface area contributed by atoms with Crippen molar-refractivity contribution >= 4 is 44.6 Å². The van der Waals surface area contributed by atoms with Gasteiger partial charge in [-0.15, -0.1) is 0 Å². The number of halogens is 1. The maximum Gasteiger partial charge on any atom is 0.270 e. The lowest BCUT2D eigenvalue weighted by molar-refractivity contribution is -0.385. The van der Waals surface area contributed by atoms with Crippen LogP contribution in [-0.2, 0) is 19.6 Å². The molecular weight excluding hydrogens is 448 g/mol. The lowest BCUT2D eigenvalue weighted by Crippen LogP contribution is -2.40. The molecule has 12 heteroatoms. The smallest absolute Gasteiger partial charge is 0.270 e. The van der Waals surface area contributed by atoms with E-state index in [2.05, 4.69) is 10.6 Å². The maximum absolute atomic E-state index is 13.1. The summed E-state index contributed by atoms with van der Waals surface area (Å²) in [5.41, 5.74) is 0.957. The molecule has 0 spiro atoms. The van der Waals surface area contributed by atoms with E-state index >= 15 is 0 Å². The summed E-state index contributed by atoms with van der Waals surface area (Å²) in [7, 11) is -4.03. The maximum atomic E-state index is 13.1. The predicted molar refractivity (Wildman–Crippen MR) is 116 cm³/mol. The third-order valence-corrected chi connectivity index (χ3v) is 7.09. The zero-order valence-corrected chi connectivity index (χ0v) is 18.2. The second-order valence-corrected chi connectivity index (χ2v) is 9.08. The van der Waals surface area contributed by atoms with Crippen LogP contribution < -0.4 is 10.6 Å². The first kappa shape index (κ1) is 22.9. The van der Waals surface area contributed by atoms with Crippen molar-refractivity contribution < 1.29 is 22.9 Å².